The maximum Gasteiger partial charge on any atom is 0.159 e. The predicted octanol–water partition coefficient (Wildman–Crippen LogP) is 0.810. The van der Waals surface area contributed by atoms with Gasteiger partial charge in [0.2, 0.25) is 0 Å². The fourth-order valence-electron chi connectivity index (χ4n) is 1.76. The first-order valence-electron chi connectivity index (χ1n) is 4.98. The largest absolute Gasteiger partial charge is 0.315 e. The number of nitrogens with one attached hydrogen (secondary N) is 1. The Bertz CT molecular complexity index is 394. The molecule has 1 saturated heterocycles. The molecule has 0 saturated carbocycles. The predicted molar refractivity (Wildman–Crippen MR) is 60.6 cm³/mol. The Hall–Kier alpha value is -0.460. The molecular formula is C9H14N2O2S2. The van der Waals surface area contributed by atoms with Crippen LogP contribution in [0.2, 0.25) is 0 Å². The first-order valence-corrected chi connectivity index (χ1v) is 7.57. The lowest BCUT2D eigenvalue weighted by Crippen LogP contribution is -2.39. The highest BCUT2D eigenvalue weighted by molar-refractivity contribution is 7.91. The quantitative estimate of drug-likeness (QED) is 0.857. The molecule has 0 bridgehead atoms. The van der Waals surface area contributed by atoms with Crippen LogP contribution in [0, 0.1) is 0 Å². The second-order valence-electron chi connectivity index (χ2n) is 3.74. The summed E-state index contributed by atoms with van der Waals surface area (Å²) in [6.07, 6.45) is 3.37. The molecule has 2 rings (SSSR count). The molecule has 1 aromatic rings. The maximum absolute atomic E-state index is 12.0. The number of hydrogen-bond donors (Lipinski definition) is 1. The Morgan fingerprint density at radius 2 is 2.47 bits per heavy atom. The highest BCUT2D eigenvalue weighted by Gasteiger charge is 2.27. The van der Waals surface area contributed by atoms with Crippen LogP contribution >= 0.6 is 11.3 Å². The Morgan fingerprint density at radius 1 is 1.60 bits per heavy atom. The number of sulfone groups is 1. The van der Waals surface area contributed by atoms with Crippen molar-refractivity contribution in [1.29, 1.82) is 0 Å². The monoisotopic (exact) mass is 246 g/mol. The maximum atomic E-state index is 12.0. The zero-order chi connectivity index (χ0) is 10.7. The standard InChI is InChI=1S/C9H14N2O2S2/c12-15(13,6-8-4-11-7-14-8)9-2-1-3-10-5-9/h4,7,9-10H,1-3,5-6H2/t9-/m1/s1. The lowest BCUT2D eigenvalue weighted by atomic mass is 10.2. The molecule has 15 heavy (non-hydrogen) atoms. The highest BCUT2D eigenvalue weighted by Crippen LogP contribution is 2.18. The average Bonchev–Trinajstić information content (AvgIpc) is 2.71. The van der Waals surface area contributed by atoms with Gasteiger partial charge in [-0.25, -0.2) is 8.42 Å². The summed E-state index contributed by atoms with van der Waals surface area (Å²) in [5.41, 5.74) is 1.67. The van der Waals surface area contributed by atoms with Crippen LogP contribution in [-0.4, -0.2) is 31.7 Å². The van der Waals surface area contributed by atoms with Crippen molar-refractivity contribution in [1.82, 2.24) is 10.3 Å². The molecule has 0 amide bonds. The minimum absolute atomic E-state index is 0.143. The minimum atomic E-state index is -3.00. The van der Waals surface area contributed by atoms with Crippen LogP contribution in [0.15, 0.2) is 11.7 Å². The van der Waals surface area contributed by atoms with Gasteiger partial charge in [-0.1, -0.05) is 0 Å². The molecule has 0 aliphatic carbocycles. The molecular weight excluding hydrogens is 232 g/mol. The zero-order valence-electron chi connectivity index (χ0n) is 8.35. The Kier molecular flexibility index (Phi) is 3.38. The second-order valence-corrected chi connectivity index (χ2v) is 7.00. The highest BCUT2D eigenvalue weighted by atomic mass is 32.2. The van der Waals surface area contributed by atoms with Gasteiger partial charge in [0, 0.05) is 17.6 Å². The number of aromatic nitrogens is 1. The van der Waals surface area contributed by atoms with E-state index in [1.54, 1.807) is 11.7 Å². The van der Waals surface area contributed by atoms with Crippen molar-refractivity contribution in [2.45, 2.75) is 23.8 Å². The fourth-order valence-corrected chi connectivity index (χ4v) is 4.50. The van der Waals surface area contributed by atoms with Gasteiger partial charge >= 0.3 is 0 Å². The molecule has 1 fully saturated rings. The zero-order valence-corrected chi connectivity index (χ0v) is 9.98. The minimum Gasteiger partial charge on any atom is -0.315 e. The van der Waals surface area contributed by atoms with Crippen molar-refractivity contribution in [3.63, 3.8) is 0 Å². The van der Waals surface area contributed by atoms with E-state index in [0.29, 0.717) is 6.54 Å². The van der Waals surface area contributed by atoms with Crippen LogP contribution in [0.4, 0.5) is 0 Å². The molecule has 1 N–H and O–H groups in total. The van der Waals surface area contributed by atoms with Crippen LogP contribution in [0.5, 0.6) is 0 Å². The third-order valence-electron chi connectivity index (χ3n) is 2.59. The van der Waals surface area contributed by atoms with E-state index in [0.717, 1.165) is 24.3 Å². The summed E-state index contributed by atoms with van der Waals surface area (Å²) < 4.78 is 24.0. The molecule has 1 aliphatic heterocycles. The normalized spacial score (nSPS) is 22.8. The Labute approximate surface area is 93.7 Å². The number of piperidine rings is 1. The van der Waals surface area contributed by atoms with Gasteiger partial charge in [0.05, 0.1) is 16.5 Å². The molecule has 1 atom stereocenters. The molecule has 1 aliphatic rings. The average molecular weight is 246 g/mol. The summed E-state index contributed by atoms with van der Waals surface area (Å²) in [4.78, 5) is 4.72. The van der Waals surface area contributed by atoms with Crippen molar-refractivity contribution in [3.8, 4) is 0 Å². The lowest BCUT2D eigenvalue weighted by Gasteiger charge is -2.22. The fraction of sp³-hybridized carbons (Fsp3) is 0.667. The van der Waals surface area contributed by atoms with Crippen molar-refractivity contribution in [3.05, 3.63) is 16.6 Å². The van der Waals surface area contributed by atoms with Gasteiger partial charge in [-0.15, -0.1) is 11.3 Å². The molecule has 0 spiro atoms. The van der Waals surface area contributed by atoms with E-state index in [9.17, 15) is 8.42 Å². The molecule has 2 heterocycles. The van der Waals surface area contributed by atoms with Crippen LogP contribution in [0.25, 0.3) is 0 Å². The third-order valence-corrected chi connectivity index (χ3v) is 5.68. The molecule has 0 aromatic carbocycles. The van der Waals surface area contributed by atoms with Gasteiger partial charge in [0.25, 0.3) is 0 Å². The van der Waals surface area contributed by atoms with Gasteiger partial charge in [0.1, 0.15) is 0 Å². The van der Waals surface area contributed by atoms with E-state index in [1.165, 1.54) is 11.3 Å². The summed E-state index contributed by atoms with van der Waals surface area (Å²) in [5, 5.41) is 2.91. The van der Waals surface area contributed by atoms with E-state index in [1.807, 2.05) is 0 Å². The smallest absolute Gasteiger partial charge is 0.159 e. The van der Waals surface area contributed by atoms with Crippen molar-refractivity contribution in [2.75, 3.05) is 13.1 Å². The molecule has 6 heteroatoms. The van der Waals surface area contributed by atoms with E-state index >= 15 is 0 Å². The van der Waals surface area contributed by atoms with Gasteiger partial charge in [-0.2, -0.15) is 0 Å². The third kappa shape index (κ3) is 2.76. The van der Waals surface area contributed by atoms with E-state index < -0.39 is 9.84 Å². The van der Waals surface area contributed by atoms with Crippen molar-refractivity contribution in [2.24, 2.45) is 0 Å². The van der Waals surface area contributed by atoms with Crippen molar-refractivity contribution < 1.29 is 8.42 Å². The van der Waals surface area contributed by atoms with Crippen LogP contribution in [0.1, 0.15) is 17.7 Å². The first-order chi connectivity index (χ1) is 7.18. The Morgan fingerprint density at radius 3 is 3.07 bits per heavy atom. The lowest BCUT2D eigenvalue weighted by molar-refractivity contribution is 0.496. The van der Waals surface area contributed by atoms with Crippen LogP contribution in [0.3, 0.4) is 0 Å². The number of thiazole rings is 1. The summed E-state index contributed by atoms with van der Waals surface area (Å²) in [7, 11) is -3.00. The van der Waals surface area contributed by atoms with Crippen LogP contribution in [-0.2, 0) is 15.6 Å². The molecule has 84 valence electrons. The Balaban J connectivity index is 2.05. The molecule has 0 unspecified atom stereocenters. The number of hydrogen-bond acceptors (Lipinski definition) is 5. The van der Waals surface area contributed by atoms with E-state index in [2.05, 4.69) is 10.3 Å². The van der Waals surface area contributed by atoms with Gasteiger partial charge in [-0.3, -0.25) is 4.98 Å². The number of rotatable bonds is 3. The SMILES string of the molecule is O=S(=O)(Cc1cncs1)[C@@H]1CCCNC1. The summed E-state index contributed by atoms with van der Waals surface area (Å²) >= 11 is 1.40. The van der Waals surface area contributed by atoms with E-state index in [-0.39, 0.29) is 11.0 Å². The first kappa shape index (κ1) is 11.0. The van der Waals surface area contributed by atoms with Crippen LogP contribution < -0.4 is 5.32 Å². The van der Waals surface area contributed by atoms with Gasteiger partial charge < -0.3 is 5.32 Å². The van der Waals surface area contributed by atoms with Crippen molar-refractivity contribution >= 4 is 21.2 Å². The van der Waals surface area contributed by atoms with Gasteiger partial charge in [-0.05, 0) is 19.4 Å². The summed E-state index contributed by atoms with van der Waals surface area (Å²) in [5.74, 6) is 0.143. The molecule has 1 aromatic heterocycles. The number of nitrogens with zero attached hydrogens (tertiary/aromatic N) is 1. The van der Waals surface area contributed by atoms with Gasteiger partial charge in [0.15, 0.2) is 9.84 Å². The van der Waals surface area contributed by atoms with E-state index in [4.69, 9.17) is 0 Å². The summed E-state index contributed by atoms with van der Waals surface area (Å²) in [6, 6.07) is 0. The molecule has 0 radical (unpaired) electrons. The second kappa shape index (κ2) is 4.59. The topological polar surface area (TPSA) is 59.1 Å². The molecule has 4 nitrogen and oxygen atoms in total. The summed E-state index contributed by atoms with van der Waals surface area (Å²) in [6.45, 7) is 1.54.